The third kappa shape index (κ3) is 7.68. The maximum absolute atomic E-state index is 13.8. The Labute approximate surface area is 270 Å². The summed E-state index contributed by atoms with van der Waals surface area (Å²) in [6.45, 7) is 5.05. The maximum atomic E-state index is 13.8. The molecule has 1 atom stereocenters. The molecule has 1 fully saturated rings. The minimum atomic E-state index is -0.481. The van der Waals surface area contributed by atoms with Gasteiger partial charge in [0.25, 0.3) is 0 Å². The summed E-state index contributed by atoms with van der Waals surface area (Å²) < 4.78 is 16.5. The molecule has 0 saturated heterocycles. The van der Waals surface area contributed by atoms with E-state index in [0.29, 0.717) is 34.4 Å². The minimum absolute atomic E-state index is 0.0570. The number of carbonyl (C=O) groups excluding carboxylic acids is 2. The second-order valence-electron chi connectivity index (χ2n) is 12.1. The van der Waals surface area contributed by atoms with E-state index in [0.717, 1.165) is 54.6 Å². The van der Waals surface area contributed by atoms with E-state index in [9.17, 15) is 9.59 Å². The van der Waals surface area contributed by atoms with Crippen LogP contribution in [0, 0.1) is 5.92 Å². The first kappa shape index (κ1) is 32.5. The van der Waals surface area contributed by atoms with Crippen molar-refractivity contribution in [3.63, 3.8) is 0 Å². The van der Waals surface area contributed by atoms with E-state index in [2.05, 4.69) is 10.2 Å². The van der Waals surface area contributed by atoms with Crippen molar-refractivity contribution in [3.8, 4) is 11.5 Å². The quantitative estimate of drug-likeness (QED) is 0.279. The third-order valence-corrected chi connectivity index (χ3v) is 8.81. The van der Waals surface area contributed by atoms with Gasteiger partial charge in [-0.1, -0.05) is 23.7 Å². The van der Waals surface area contributed by atoms with Crippen LogP contribution in [0.5, 0.6) is 11.5 Å². The highest BCUT2D eigenvalue weighted by Gasteiger charge is 2.37. The van der Waals surface area contributed by atoms with Gasteiger partial charge in [-0.25, -0.2) is 9.97 Å². The van der Waals surface area contributed by atoms with Crippen molar-refractivity contribution in [2.24, 2.45) is 5.92 Å². The van der Waals surface area contributed by atoms with Gasteiger partial charge >= 0.3 is 5.97 Å². The lowest BCUT2D eigenvalue weighted by atomic mass is 9.85. The van der Waals surface area contributed by atoms with Crippen LogP contribution in [0.4, 0.5) is 11.6 Å². The summed E-state index contributed by atoms with van der Waals surface area (Å²) in [6, 6.07) is 11.2. The monoisotopic (exact) mass is 635 g/mol. The van der Waals surface area contributed by atoms with Crippen molar-refractivity contribution in [1.29, 1.82) is 0 Å². The lowest BCUT2D eigenvalue weighted by molar-refractivity contribution is -0.139. The lowest BCUT2D eigenvalue weighted by Crippen LogP contribution is -2.42. The Morgan fingerprint density at radius 3 is 2.38 bits per heavy atom. The van der Waals surface area contributed by atoms with E-state index in [1.807, 2.05) is 57.3 Å². The number of rotatable bonds is 11. The van der Waals surface area contributed by atoms with E-state index >= 15 is 0 Å². The minimum Gasteiger partial charge on any atom is -0.493 e. The van der Waals surface area contributed by atoms with Crippen LogP contribution in [0.15, 0.2) is 48.8 Å². The SMILES string of the molecule is COC(=O)CN[C@H]1CC[C@H](CN(C)c2cnc(N3C(=O)Cc4cc(OC)c(OC(C)C)cc4[C@@H]3c3ccc(Cl)cc3)nc2)CC1. The van der Waals surface area contributed by atoms with Gasteiger partial charge < -0.3 is 24.4 Å². The smallest absolute Gasteiger partial charge is 0.319 e. The number of amides is 1. The van der Waals surface area contributed by atoms with Crippen LogP contribution in [0.1, 0.15) is 62.3 Å². The molecule has 0 bridgehead atoms. The van der Waals surface area contributed by atoms with E-state index in [4.69, 9.17) is 35.8 Å². The van der Waals surface area contributed by atoms with Crippen LogP contribution in [0.3, 0.4) is 0 Å². The fraction of sp³-hybridized carbons (Fsp3) is 0.471. The zero-order chi connectivity index (χ0) is 32.1. The molecule has 0 spiro atoms. The predicted octanol–water partition coefficient (Wildman–Crippen LogP) is 5.36. The summed E-state index contributed by atoms with van der Waals surface area (Å²) in [5.41, 5.74) is 3.57. The first-order valence-electron chi connectivity index (χ1n) is 15.4. The van der Waals surface area contributed by atoms with Crippen LogP contribution in [0.2, 0.25) is 5.02 Å². The molecular formula is C34H42ClN5O5. The Morgan fingerprint density at radius 1 is 1.07 bits per heavy atom. The van der Waals surface area contributed by atoms with E-state index in [1.165, 1.54) is 7.11 Å². The van der Waals surface area contributed by atoms with E-state index < -0.39 is 6.04 Å². The molecule has 1 N–H and O–H groups in total. The largest absolute Gasteiger partial charge is 0.493 e. The highest BCUT2D eigenvalue weighted by atomic mass is 35.5. The number of nitrogens with zero attached hydrogens (tertiary/aromatic N) is 4. The standard InChI is InChI=1S/C34H42ClN5O5/c1-21(2)45-30-16-28-24(14-29(30)43-4)15-31(41)40(33(28)23-8-10-25(35)11-9-23)34-37-17-27(18-38-34)39(3)20-22-6-12-26(13-7-22)36-19-32(42)44-5/h8-11,14,16-18,21-22,26,33,36H,6-7,12-13,15,19-20H2,1-5H3/t22-,26-,33-/m0/s1. The highest BCUT2D eigenvalue weighted by molar-refractivity contribution is 6.30. The summed E-state index contributed by atoms with van der Waals surface area (Å²) >= 11 is 6.24. The number of hydrogen-bond donors (Lipinski definition) is 1. The summed E-state index contributed by atoms with van der Waals surface area (Å²) in [7, 11) is 5.05. The first-order chi connectivity index (χ1) is 21.7. The Morgan fingerprint density at radius 2 is 1.76 bits per heavy atom. The number of carbonyl (C=O) groups is 2. The fourth-order valence-electron chi connectivity index (χ4n) is 6.24. The van der Waals surface area contributed by atoms with Gasteiger partial charge in [0.05, 0.1) is 57.4 Å². The number of aromatic nitrogens is 2. The van der Waals surface area contributed by atoms with Crippen LogP contribution in [-0.4, -0.2) is 68.3 Å². The van der Waals surface area contributed by atoms with Gasteiger partial charge in [0.15, 0.2) is 11.5 Å². The summed E-state index contributed by atoms with van der Waals surface area (Å²) in [5, 5.41) is 3.91. The van der Waals surface area contributed by atoms with Crippen molar-refractivity contribution >= 4 is 35.1 Å². The van der Waals surface area contributed by atoms with Crippen molar-refractivity contribution in [2.45, 2.75) is 64.1 Å². The van der Waals surface area contributed by atoms with E-state index in [1.54, 1.807) is 24.4 Å². The molecule has 2 aliphatic rings. The molecule has 1 amide bonds. The molecular weight excluding hydrogens is 594 g/mol. The second-order valence-corrected chi connectivity index (χ2v) is 12.5. The molecule has 45 heavy (non-hydrogen) atoms. The number of hydrogen-bond acceptors (Lipinski definition) is 9. The van der Waals surface area contributed by atoms with Crippen LogP contribution < -0.4 is 24.6 Å². The molecule has 3 aromatic rings. The van der Waals surface area contributed by atoms with Crippen molar-refractivity contribution < 1.29 is 23.8 Å². The van der Waals surface area contributed by atoms with Gasteiger partial charge in [-0.2, -0.15) is 0 Å². The van der Waals surface area contributed by atoms with Gasteiger partial charge in [0.1, 0.15) is 0 Å². The lowest BCUT2D eigenvalue weighted by Gasteiger charge is -2.37. The first-order valence-corrected chi connectivity index (χ1v) is 15.8. The fourth-order valence-corrected chi connectivity index (χ4v) is 6.37. The van der Waals surface area contributed by atoms with Gasteiger partial charge in [-0.15, -0.1) is 0 Å². The van der Waals surface area contributed by atoms with Crippen LogP contribution >= 0.6 is 11.6 Å². The number of nitrogens with one attached hydrogen (secondary N) is 1. The van der Waals surface area contributed by atoms with Gasteiger partial charge in [-0.3, -0.25) is 14.5 Å². The zero-order valence-corrected chi connectivity index (χ0v) is 27.3. The van der Waals surface area contributed by atoms with Gasteiger partial charge in [0.2, 0.25) is 11.9 Å². The normalized spacial score (nSPS) is 19.7. The number of fused-ring (bicyclic) bond motifs is 1. The number of ether oxygens (including phenoxy) is 3. The Kier molecular flexibility index (Phi) is 10.5. The number of anilines is 2. The average molecular weight is 636 g/mol. The molecule has 11 heteroatoms. The summed E-state index contributed by atoms with van der Waals surface area (Å²) in [5.74, 6) is 1.72. The molecule has 1 aliphatic heterocycles. The Hall–Kier alpha value is -3.89. The molecule has 0 radical (unpaired) electrons. The zero-order valence-electron chi connectivity index (χ0n) is 26.6. The average Bonchev–Trinajstić information content (AvgIpc) is 3.04. The van der Waals surface area contributed by atoms with Crippen molar-refractivity contribution in [3.05, 3.63) is 70.5 Å². The van der Waals surface area contributed by atoms with Crippen LogP contribution in [0.25, 0.3) is 0 Å². The summed E-state index contributed by atoms with van der Waals surface area (Å²) in [6.07, 6.45) is 7.87. The molecule has 1 aromatic heterocycles. The molecule has 240 valence electrons. The molecule has 10 nitrogen and oxygen atoms in total. The second kappa shape index (κ2) is 14.5. The third-order valence-electron chi connectivity index (χ3n) is 8.56. The highest BCUT2D eigenvalue weighted by Crippen LogP contribution is 2.43. The van der Waals surface area contributed by atoms with E-state index in [-0.39, 0.29) is 30.9 Å². The number of halogens is 1. The molecule has 1 saturated carbocycles. The van der Waals surface area contributed by atoms with Gasteiger partial charge in [0, 0.05) is 24.7 Å². The summed E-state index contributed by atoms with van der Waals surface area (Å²) in [4.78, 5) is 38.5. The molecule has 2 heterocycles. The number of benzene rings is 2. The van der Waals surface area contributed by atoms with Crippen molar-refractivity contribution in [1.82, 2.24) is 15.3 Å². The Bertz CT molecular complexity index is 1480. The number of esters is 1. The van der Waals surface area contributed by atoms with Gasteiger partial charge in [-0.05, 0) is 86.4 Å². The number of methoxy groups -OCH3 is 2. The molecule has 2 aromatic carbocycles. The molecule has 1 aliphatic carbocycles. The maximum Gasteiger partial charge on any atom is 0.319 e. The topological polar surface area (TPSA) is 106 Å². The molecule has 0 unspecified atom stereocenters. The molecule has 5 rings (SSSR count). The Balaban J connectivity index is 1.36. The predicted molar refractivity (Wildman–Crippen MR) is 174 cm³/mol. The van der Waals surface area contributed by atoms with Crippen LogP contribution in [-0.2, 0) is 20.7 Å². The van der Waals surface area contributed by atoms with Crippen molar-refractivity contribution in [2.75, 3.05) is 44.2 Å².